The molecule has 0 N–H and O–H groups in total. The maximum Gasteiger partial charge on any atom is 0.261 e. The molecule has 114 valence electrons. The number of nitrogens with zero attached hydrogens (tertiary/aromatic N) is 1. The van der Waals surface area contributed by atoms with Crippen LogP contribution in [0.1, 0.15) is 10.4 Å². The number of fused-ring (bicyclic) bond motifs is 1. The Morgan fingerprint density at radius 2 is 1.82 bits per heavy atom. The Hall–Kier alpha value is -2.69. The first-order chi connectivity index (χ1) is 10.7. The van der Waals surface area contributed by atoms with Crippen molar-refractivity contribution < 1.29 is 19.0 Å². The van der Waals surface area contributed by atoms with Gasteiger partial charge in [0.25, 0.3) is 5.91 Å². The van der Waals surface area contributed by atoms with Crippen LogP contribution in [0.15, 0.2) is 42.5 Å². The number of amides is 1. The van der Waals surface area contributed by atoms with Crippen molar-refractivity contribution in [2.75, 3.05) is 32.3 Å². The SMILES string of the molecule is COc1ccccc1C(=O)N(C)c1ccc2c(c1)OCCO2. The van der Waals surface area contributed by atoms with Gasteiger partial charge in [0.05, 0.1) is 12.7 Å². The van der Waals surface area contributed by atoms with E-state index in [4.69, 9.17) is 14.2 Å². The molecule has 2 aromatic carbocycles. The highest BCUT2D eigenvalue weighted by molar-refractivity contribution is 6.07. The molecule has 1 aliphatic rings. The van der Waals surface area contributed by atoms with E-state index in [1.54, 1.807) is 31.2 Å². The lowest BCUT2D eigenvalue weighted by Gasteiger charge is -2.23. The van der Waals surface area contributed by atoms with E-state index in [0.717, 1.165) is 5.69 Å². The Balaban J connectivity index is 1.90. The molecule has 0 fully saturated rings. The lowest BCUT2D eigenvalue weighted by atomic mass is 10.1. The van der Waals surface area contributed by atoms with Gasteiger partial charge in [0.2, 0.25) is 0 Å². The molecule has 1 amide bonds. The summed E-state index contributed by atoms with van der Waals surface area (Å²) < 4.78 is 16.3. The number of methoxy groups -OCH3 is 1. The molecule has 5 heteroatoms. The molecule has 1 heterocycles. The van der Waals surface area contributed by atoms with E-state index in [2.05, 4.69) is 0 Å². The molecular weight excluding hydrogens is 282 g/mol. The van der Waals surface area contributed by atoms with Crippen LogP contribution in [-0.2, 0) is 0 Å². The van der Waals surface area contributed by atoms with Crippen LogP contribution in [0.25, 0.3) is 0 Å². The van der Waals surface area contributed by atoms with E-state index in [-0.39, 0.29) is 5.91 Å². The van der Waals surface area contributed by atoms with E-state index < -0.39 is 0 Å². The van der Waals surface area contributed by atoms with Crippen LogP contribution in [0.2, 0.25) is 0 Å². The molecule has 0 aliphatic carbocycles. The molecule has 22 heavy (non-hydrogen) atoms. The summed E-state index contributed by atoms with van der Waals surface area (Å²) in [6, 6.07) is 12.6. The van der Waals surface area contributed by atoms with Crippen molar-refractivity contribution in [3.05, 3.63) is 48.0 Å². The number of para-hydroxylation sites is 1. The summed E-state index contributed by atoms with van der Waals surface area (Å²) in [5.74, 6) is 1.77. The summed E-state index contributed by atoms with van der Waals surface area (Å²) in [4.78, 5) is 14.2. The standard InChI is InChI=1S/C17H17NO4/c1-18(17(19)13-5-3-4-6-14(13)20-2)12-7-8-15-16(11-12)22-10-9-21-15/h3-8,11H,9-10H2,1-2H3. The minimum Gasteiger partial charge on any atom is -0.496 e. The fraction of sp³-hybridized carbons (Fsp3) is 0.235. The molecule has 0 bridgehead atoms. The van der Waals surface area contributed by atoms with Gasteiger partial charge in [-0.05, 0) is 24.3 Å². The van der Waals surface area contributed by atoms with Crippen LogP contribution in [0.3, 0.4) is 0 Å². The van der Waals surface area contributed by atoms with Gasteiger partial charge >= 0.3 is 0 Å². The van der Waals surface area contributed by atoms with Crippen LogP contribution < -0.4 is 19.1 Å². The number of benzene rings is 2. The van der Waals surface area contributed by atoms with E-state index in [1.165, 1.54) is 0 Å². The number of hydrogen-bond acceptors (Lipinski definition) is 4. The molecule has 2 aromatic rings. The Bertz CT molecular complexity index is 699. The largest absolute Gasteiger partial charge is 0.496 e. The number of anilines is 1. The normalized spacial score (nSPS) is 12.6. The smallest absolute Gasteiger partial charge is 0.261 e. The summed E-state index contributed by atoms with van der Waals surface area (Å²) in [7, 11) is 3.27. The first-order valence-corrected chi connectivity index (χ1v) is 7.01. The predicted molar refractivity (Wildman–Crippen MR) is 83.2 cm³/mol. The molecular formula is C17H17NO4. The van der Waals surface area contributed by atoms with Crippen molar-refractivity contribution in [2.24, 2.45) is 0 Å². The second-order valence-electron chi connectivity index (χ2n) is 4.89. The molecule has 0 saturated heterocycles. The first-order valence-electron chi connectivity index (χ1n) is 7.01. The van der Waals surface area contributed by atoms with Gasteiger partial charge in [-0.25, -0.2) is 0 Å². The lowest BCUT2D eigenvalue weighted by molar-refractivity contribution is 0.0990. The zero-order valence-corrected chi connectivity index (χ0v) is 12.5. The molecule has 0 spiro atoms. The van der Waals surface area contributed by atoms with Crippen LogP contribution in [0.4, 0.5) is 5.69 Å². The van der Waals surface area contributed by atoms with Crippen molar-refractivity contribution in [1.82, 2.24) is 0 Å². The number of hydrogen-bond donors (Lipinski definition) is 0. The molecule has 1 aliphatic heterocycles. The Kier molecular flexibility index (Phi) is 3.87. The van der Waals surface area contributed by atoms with Gasteiger partial charge in [-0.1, -0.05) is 12.1 Å². The van der Waals surface area contributed by atoms with Crippen molar-refractivity contribution in [2.45, 2.75) is 0 Å². The highest BCUT2D eigenvalue weighted by atomic mass is 16.6. The minimum atomic E-state index is -0.144. The van der Waals surface area contributed by atoms with E-state index in [9.17, 15) is 4.79 Å². The summed E-state index contributed by atoms with van der Waals surface area (Å²) in [5.41, 5.74) is 1.25. The highest BCUT2D eigenvalue weighted by Gasteiger charge is 2.20. The Morgan fingerprint density at radius 1 is 1.09 bits per heavy atom. The van der Waals surface area contributed by atoms with E-state index in [0.29, 0.717) is 36.0 Å². The maximum absolute atomic E-state index is 12.7. The third-order valence-electron chi connectivity index (χ3n) is 3.56. The Labute approximate surface area is 129 Å². The summed E-state index contributed by atoms with van der Waals surface area (Å²) in [5, 5.41) is 0. The predicted octanol–water partition coefficient (Wildman–Crippen LogP) is 2.74. The summed E-state index contributed by atoms with van der Waals surface area (Å²) >= 11 is 0. The van der Waals surface area contributed by atoms with Gasteiger partial charge < -0.3 is 19.1 Å². The summed E-state index contributed by atoms with van der Waals surface area (Å²) in [6.45, 7) is 1.06. The van der Waals surface area contributed by atoms with Crippen LogP contribution in [0.5, 0.6) is 17.2 Å². The van der Waals surface area contributed by atoms with Crippen molar-refractivity contribution in [3.63, 3.8) is 0 Å². The molecule has 0 atom stereocenters. The van der Waals surface area contributed by atoms with Gasteiger partial charge in [-0.3, -0.25) is 4.79 Å². The number of rotatable bonds is 3. The van der Waals surface area contributed by atoms with Gasteiger partial charge in [-0.2, -0.15) is 0 Å². The first kappa shape index (κ1) is 14.3. The highest BCUT2D eigenvalue weighted by Crippen LogP contribution is 2.34. The second kappa shape index (κ2) is 5.97. The van der Waals surface area contributed by atoms with E-state index >= 15 is 0 Å². The van der Waals surface area contributed by atoms with Crippen molar-refractivity contribution in [1.29, 1.82) is 0 Å². The number of carbonyl (C=O) groups is 1. The lowest BCUT2D eigenvalue weighted by Crippen LogP contribution is -2.27. The number of carbonyl (C=O) groups excluding carboxylic acids is 1. The minimum absolute atomic E-state index is 0.144. The topological polar surface area (TPSA) is 48.0 Å². The molecule has 5 nitrogen and oxygen atoms in total. The monoisotopic (exact) mass is 299 g/mol. The molecule has 0 saturated carbocycles. The van der Waals surface area contributed by atoms with Crippen LogP contribution in [0, 0.1) is 0 Å². The quantitative estimate of drug-likeness (QED) is 0.874. The van der Waals surface area contributed by atoms with Gasteiger partial charge in [0.15, 0.2) is 11.5 Å². The zero-order valence-electron chi connectivity index (χ0n) is 12.5. The molecule has 0 radical (unpaired) electrons. The third-order valence-corrected chi connectivity index (χ3v) is 3.56. The average molecular weight is 299 g/mol. The fourth-order valence-electron chi connectivity index (χ4n) is 2.36. The zero-order chi connectivity index (χ0) is 15.5. The van der Waals surface area contributed by atoms with Gasteiger partial charge in [0, 0.05) is 18.8 Å². The van der Waals surface area contributed by atoms with Crippen LogP contribution in [-0.4, -0.2) is 33.3 Å². The average Bonchev–Trinajstić information content (AvgIpc) is 2.60. The molecule has 3 rings (SSSR count). The van der Waals surface area contributed by atoms with Gasteiger partial charge in [0.1, 0.15) is 19.0 Å². The van der Waals surface area contributed by atoms with Crippen molar-refractivity contribution in [3.8, 4) is 17.2 Å². The summed E-state index contributed by atoms with van der Waals surface area (Å²) in [6.07, 6.45) is 0. The number of ether oxygens (including phenoxy) is 3. The Morgan fingerprint density at radius 3 is 2.59 bits per heavy atom. The van der Waals surface area contributed by atoms with Crippen LogP contribution >= 0.6 is 0 Å². The van der Waals surface area contributed by atoms with E-state index in [1.807, 2.05) is 30.3 Å². The third kappa shape index (κ3) is 2.57. The van der Waals surface area contributed by atoms with Gasteiger partial charge in [-0.15, -0.1) is 0 Å². The molecule has 0 aromatic heterocycles. The van der Waals surface area contributed by atoms with Crippen molar-refractivity contribution >= 4 is 11.6 Å². The molecule has 0 unspecified atom stereocenters. The maximum atomic E-state index is 12.7. The second-order valence-corrected chi connectivity index (χ2v) is 4.89. The fourth-order valence-corrected chi connectivity index (χ4v) is 2.36.